The van der Waals surface area contributed by atoms with Gasteiger partial charge in [0.25, 0.3) is 5.91 Å². The summed E-state index contributed by atoms with van der Waals surface area (Å²) in [5, 5.41) is 3.09. The molecule has 198 valence electrons. The monoisotopic (exact) mass is 535 g/mol. The summed E-state index contributed by atoms with van der Waals surface area (Å²) in [4.78, 5) is 38.8. The van der Waals surface area contributed by atoms with Crippen LogP contribution < -0.4 is 14.8 Å². The van der Waals surface area contributed by atoms with Gasteiger partial charge in [0.15, 0.2) is 29.7 Å². The first-order valence-electron chi connectivity index (χ1n) is 12.8. The maximum atomic E-state index is 13.1. The Labute approximate surface area is 226 Å². The van der Waals surface area contributed by atoms with Gasteiger partial charge in [-0.05, 0) is 61.6 Å². The molecule has 2 aromatic carbocycles. The molecule has 1 N–H and O–H groups in total. The van der Waals surface area contributed by atoms with Crippen LogP contribution in [-0.2, 0) is 19.1 Å². The molecule has 0 fully saturated rings. The number of halogens is 1. The fourth-order valence-corrected chi connectivity index (χ4v) is 5.67. The second kappa shape index (κ2) is 10.7. The van der Waals surface area contributed by atoms with E-state index in [1.165, 1.54) is 7.11 Å². The first kappa shape index (κ1) is 26.0. The Bertz CT molecular complexity index is 1360. The molecule has 0 bridgehead atoms. The third kappa shape index (κ3) is 4.95. The van der Waals surface area contributed by atoms with Gasteiger partial charge in [-0.1, -0.05) is 23.7 Å². The van der Waals surface area contributed by atoms with Crippen LogP contribution >= 0.6 is 11.6 Å². The normalized spacial score (nSPS) is 17.6. The Morgan fingerprint density at radius 3 is 2.29 bits per heavy atom. The second-order valence-electron chi connectivity index (χ2n) is 9.95. The Morgan fingerprint density at radius 2 is 1.66 bits per heavy atom. The molecule has 0 unspecified atom stereocenters. The van der Waals surface area contributed by atoms with Gasteiger partial charge in [0, 0.05) is 48.4 Å². The van der Waals surface area contributed by atoms with E-state index < -0.39 is 5.92 Å². The SMILES string of the molecule is COc1cc(C2C3=C(CCCC3=O)OC3=C2C(=O)CCC3)cc(Cl)c1OCC(=O)Nc1cc(C)ccc1C. The van der Waals surface area contributed by atoms with Crippen molar-refractivity contribution in [3.8, 4) is 11.5 Å². The van der Waals surface area contributed by atoms with E-state index in [2.05, 4.69) is 5.32 Å². The Balaban J connectivity index is 1.45. The number of rotatable bonds is 6. The molecular weight excluding hydrogens is 506 g/mol. The topological polar surface area (TPSA) is 90.9 Å². The van der Waals surface area contributed by atoms with Crippen LogP contribution in [0.1, 0.15) is 61.1 Å². The quantitative estimate of drug-likeness (QED) is 0.480. The lowest BCUT2D eigenvalue weighted by Crippen LogP contribution is -2.30. The van der Waals surface area contributed by atoms with E-state index >= 15 is 0 Å². The predicted octanol–water partition coefficient (Wildman–Crippen LogP) is 6.11. The lowest BCUT2D eigenvalue weighted by Gasteiger charge is -2.36. The molecule has 7 nitrogen and oxygen atoms in total. The smallest absolute Gasteiger partial charge is 0.262 e. The molecule has 3 aliphatic rings. The fraction of sp³-hybridized carbons (Fsp3) is 0.367. The summed E-state index contributed by atoms with van der Waals surface area (Å²) in [7, 11) is 1.48. The third-order valence-electron chi connectivity index (χ3n) is 7.24. The van der Waals surface area contributed by atoms with Crippen LogP contribution in [0.4, 0.5) is 5.69 Å². The largest absolute Gasteiger partial charge is 0.493 e. The van der Waals surface area contributed by atoms with Crippen LogP contribution in [0, 0.1) is 13.8 Å². The van der Waals surface area contributed by atoms with E-state index in [1.54, 1.807) is 12.1 Å². The summed E-state index contributed by atoms with van der Waals surface area (Å²) in [6, 6.07) is 9.24. The average molecular weight is 536 g/mol. The summed E-state index contributed by atoms with van der Waals surface area (Å²) in [6.45, 7) is 3.60. The van der Waals surface area contributed by atoms with Crippen LogP contribution in [0.25, 0.3) is 0 Å². The second-order valence-corrected chi connectivity index (χ2v) is 10.4. The number of Topliss-reactive ketones (excluding diaryl/α,β-unsaturated/α-hetero) is 2. The minimum absolute atomic E-state index is 0.0142. The maximum absolute atomic E-state index is 13.1. The molecule has 0 radical (unpaired) electrons. The number of hydrogen-bond donors (Lipinski definition) is 1. The highest BCUT2D eigenvalue weighted by molar-refractivity contribution is 6.32. The molecule has 1 aliphatic heterocycles. The lowest BCUT2D eigenvalue weighted by molar-refractivity contribution is -0.119. The molecule has 2 aromatic rings. The van der Waals surface area contributed by atoms with Crippen molar-refractivity contribution in [1.82, 2.24) is 0 Å². The van der Waals surface area contributed by atoms with Crippen LogP contribution in [0.3, 0.4) is 0 Å². The number of carbonyl (C=O) groups is 3. The van der Waals surface area contributed by atoms with Gasteiger partial charge in [0.1, 0.15) is 11.5 Å². The minimum atomic E-state index is -0.567. The summed E-state index contributed by atoms with van der Waals surface area (Å²) >= 11 is 6.68. The number of hydrogen-bond acceptors (Lipinski definition) is 6. The molecule has 0 atom stereocenters. The molecule has 0 saturated heterocycles. The fourth-order valence-electron chi connectivity index (χ4n) is 5.39. The van der Waals surface area contributed by atoms with Gasteiger partial charge in [-0.25, -0.2) is 0 Å². The standard InChI is InChI=1S/C30H30ClNO6/c1-16-10-11-17(2)20(12-16)32-26(35)15-37-30-19(31)13-18(14-25(30)36-3)27-28-21(33)6-4-8-23(28)38-24-9-5-7-22(34)29(24)27/h10-14,27H,4-9,15H2,1-3H3,(H,32,35). The molecule has 1 amide bonds. The Kier molecular flexibility index (Phi) is 7.30. The lowest BCUT2D eigenvalue weighted by atomic mass is 9.73. The van der Waals surface area contributed by atoms with Crippen LogP contribution in [0.5, 0.6) is 11.5 Å². The molecule has 2 aliphatic carbocycles. The van der Waals surface area contributed by atoms with E-state index in [-0.39, 0.29) is 34.9 Å². The number of anilines is 1. The predicted molar refractivity (Wildman–Crippen MR) is 144 cm³/mol. The molecule has 1 heterocycles. The van der Waals surface area contributed by atoms with E-state index in [1.807, 2.05) is 32.0 Å². The first-order chi connectivity index (χ1) is 18.3. The summed E-state index contributed by atoms with van der Waals surface area (Å²) in [5.41, 5.74) is 4.42. The van der Waals surface area contributed by atoms with Gasteiger partial charge in [0.2, 0.25) is 0 Å². The van der Waals surface area contributed by atoms with Gasteiger partial charge in [-0.2, -0.15) is 0 Å². The maximum Gasteiger partial charge on any atom is 0.262 e. The molecule has 0 spiro atoms. The molecule has 0 saturated carbocycles. The van der Waals surface area contributed by atoms with Crippen molar-refractivity contribution < 1.29 is 28.6 Å². The van der Waals surface area contributed by atoms with E-state index in [9.17, 15) is 14.4 Å². The summed E-state index contributed by atoms with van der Waals surface area (Å²) in [6.07, 6.45) is 3.59. The number of allylic oxidation sites excluding steroid dienone is 4. The number of amides is 1. The summed E-state index contributed by atoms with van der Waals surface area (Å²) < 4.78 is 17.5. The van der Waals surface area contributed by atoms with E-state index in [4.69, 9.17) is 25.8 Å². The van der Waals surface area contributed by atoms with Crippen LogP contribution in [-0.4, -0.2) is 31.2 Å². The average Bonchev–Trinajstić information content (AvgIpc) is 2.89. The van der Waals surface area contributed by atoms with Crippen molar-refractivity contribution in [2.24, 2.45) is 0 Å². The van der Waals surface area contributed by atoms with Crippen molar-refractivity contribution in [2.75, 3.05) is 19.0 Å². The highest BCUT2D eigenvalue weighted by atomic mass is 35.5. The number of methoxy groups -OCH3 is 1. The molecule has 0 aromatic heterocycles. The Hall–Kier alpha value is -3.58. The van der Waals surface area contributed by atoms with Gasteiger partial charge < -0.3 is 19.5 Å². The number of carbonyl (C=O) groups excluding carboxylic acids is 3. The number of aryl methyl sites for hydroxylation is 2. The molecule has 8 heteroatoms. The van der Waals surface area contributed by atoms with Crippen molar-refractivity contribution >= 4 is 34.8 Å². The zero-order valence-corrected chi connectivity index (χ0v) is 22.5. The van der Waals surface area contributed by atoms with E-state index in [0.29, 0.717) is 65.3 Å². The zero-order chi connectivity index (χ0) is 27.0. The molecular formula is C30H30ClNO6. The van der Waals surface area contributed by atoms with Gasteiger partial charge >= 0.3 is 0 Å². The van der Waals surface area contributed by atoms with Crippen molar-refractivity contribution in [3.05, 3.63) is 74.7 Å². The van der Waals surface area contributed by atoms with Gasteiger partial charge in [0.05, 0.1) is 12.1 Å². The van der Waals surface area contributed by atoms with Gasteiger partial charge in [-0.15, -0.1) is 0 Å². The molecule has 38 heavy (non-hydrogen) atoms. The summed E-state index contributed by atoms with van der Waals surface area (Å²) in [5.74, 6) is 0.901. The Morgan fingerprint density at radius 1 is 1.00 bits per heavy atom. The number of ketones is 2. The van der Waals surface area contributed by atoms with E-state index in [0.717, 1.165) is 24.0 Å². The number of nitrogens with one attached hydrogen (secondary N) is 1. The zero-order valence-electron chi connectivity index (χ0n) is 21.7. The first-order valence-corrected chi connectivity index (χ1v) is 13.2. The number of benzene rings is 2. The minimum Gasteiger partial charge on any atom is -0.493 e. The highest BCUT2D eigenvalue weighted by Gasteiger charge is 2.42. The van der Waals surface area contributed by atoms with Crippen molar-refractivity contribution in [2.45, 2.75) is 58.3 Å². The third-order valence-corrected chi connectivity index (χ3v) is 7.52. The van der Waals surface area contributed by atoms with Crippen LogP contribution in [0.15, 0.2) is 53.0 Å². The van der Waals surface area contributed by atoms with Gasteiger partial charge in [-0.3, -0.25) is 14.4 Å². The molecule has 5 rings (SSSR count). The van der Waals surface area contributed by atoms with Crippen LogP contribution in [0.2, 0.25) is 5.02 Å². The van der Waals surface area contributed by atoms with Crippen molar-refractivity contribution in [3.63, 3.8) is 0 Å². The highest BCUT2D eigenvalue weighted by Crippen LogP contribution is 2.50. The number of ether oxygens (including phenoxy) is 3. The van der Waals surface area contributed by atoms with Crippen molar-refractivity contribution in [1.29, 1.82) is 0 Å².